The first-order valence-corrected chi connectivity index (χ1v) is 8.07. The first-order chi connectivity index (χ1) is 12.2. The van der Waals surface area contributed by atoms with Crippen LogP contribution in [-0.4, -0.2) is 31.6 Å². The molecule has 0 radical (unpaired) electrons. The van der Waals surface area contributed by atoms with Crippen LogP contribution in [0.3, 0.4) is 0 Å². The van der Waals surface area contributed by atoms with Gasteiger partial charge >= 0.3 is 0 Å². The van der Waals surface area contributed by atoms with Gasteiger partial charge in [-0.25, -0.2) is 0 Å². The highest BCUT2D eigenvalue weighted by Crippen LogP contribution is 2.16. The maximum Gasteiger partial charge on any atom is 0.257 e. The molecule has 25 heavy (non-hydrogen) atoms. The fourth-order valence-corrected chi connectivity index (χ4v) is 2.16. The van der Waals surface area contributed by atoms with E-state index < -0.39 is 5.91 Å². The van der Waals surface area contributed by atoms with Crippen LogP contribution in [0.15, 0.2) is 54.6 Å². The van der Waals surface area contributed by atoms with Crippen LogP contribution in [0.25, 0.3) is 0 Å². The molecule has 0 aliphatic carbocycles. The zero-order valence-electron chi connectivity index (χ0n) is 13.9. The van der Waals surface area contributed by atoms with Crippen molar-refractivity contribution in [1.29, 1.82) is 0 Å². The minimum Gasteiger partial charge on any atom is -0.483 e. The first-order valence-electron chi connectivity index (χ1n) is 8.07. The summed E-state index contributed by atoms with van der Waals surface area (Å²) in [4.78, 5) is 23.0. The molecule has 0 heterocycles. The van der Waals surface area contributed by atoms with E-state index in [1.807, 2.05) is 30.3 Å². The third kappa shape index (κ3) is 6.64. The SMILES string of the molecule is NC(=O)c1ccccc1OCC(=O)NCCCOCc1ccccc1. The van der Waals surface area contributed by atoms with Crippen LogP contribution >= 0.6 is 0 Å². The van der Waals surface area contributed by atoms with Crippen LogP contribution in [0.2, 0.25) is 0 Å². The highest BCUT2D eigenvalue weighted by atomic mass is 16.5. The molecule has 0 saturated heterocycles. The molecule has 0 unspecified atom stereocenters. The fraction of sp³-hybridized carbons (Fsp3) is 0.263. The lowest BCUT2D eigenvalue weighted by atomic mass is 10.2. The van der Waals surface area contributed by atoms with Gasteiger partial charge in [0, 0.05) is 13.2 Å². The van der Waals surface area contributed by atoms with Crippen molar-refractivity contribution in [3.05, 3.63) is 65.7 Å². The molecule has 2 aromatic rings. The second-order valence-corrected chi connectivity index (χ2v) is 5.39. The van der Waals surface area contributed by atoms with Gasteiger partial charge in [-0.05, 0) is 24.1 Å². The Morgan fingerprint density at radius 3 is 2.48 bits per heavy atom. The first kappa shape index (κ1) is 18.5. The predicted octanol–water partition coefficient (Wildman–Crippen LogP) is 1.89. The van der Waals surface area contributed by atoms with Gasteiger partial charge in [0.2, 0.25) is 0 Å². The molecule has 6 nitrogen and oxygen atoms in total. The molecular weight excluding hydrogens is 320 g/mol. The van der Waals surface area contributed by atoms with Crippen LogP contribution < -0.4 is 15.8 Å². The molecule has 2 aromatic carbocycles. The normalized spacial score (nSPS) is 10.2. The summed E-state index contributed by atoms with van der Waals surface area (Å²) in [5.41, 5.74) is 6.63. The molecule has 2 rings (SSSR count). The van der Waals surface area contributed by atoms with Crippen molar-refractivity contribution in [1.82, 2.24) is 5.32 Å². The molecular formula is C19H22N2O4. The summed E-state index contributed by atoms with van der Waals surface area (Å²) >= 11 is 0. The van der Waals surface area contributed by atoms with E-state index in [1.54, 1.807) is 24.3 Å². The number of hydrogen-bond acceptors (Lipinski definition) is 4. The van der Waals surface area contributed by atoms with Gasteiger partial charge in [0.05, 0.1) is 12.2 Å². The maximum atomic E-state index is 11.8. The monoisotopic (exact) mass is 342 g/mol. The third-order valence-corrected chi connectivity index (χ3v) is 3.41. The number of primary amides is 1. The molecule has 0 aromatic heterocycles. The average Bonchev–Trinajstić information content (AvgIpc) is 2.64. The molecule has 132 valence electrons. The van der Waals surface area contributed by atoms with Crippen molar-refractivity contribution in [3.63, 3.8) is 0 Å². The van der Waals surface area contributed by atoms with Crippen molar-refractivity contribution in [2.75, 3.05) is 19.8 Å². The third-order valence-electron chi connectivity index (χ3n) is 3.41. The second-order valence-electron chi connectivity index (χ2n) is 5.39. The van der Waals surface area contributed by atoms with E-state index in [4.69, 9.17) is 15.2 Å². The Bertz CT molecular complexity index is 689. The van der Waals surface area contributed by atoms with Gasteiger partial charge in [-0.15, -0.1) is 0 Å². The average molecular weight is 342 g/mol. The molecule has 0 spiro atoms. The smallest absolute Gasteiger partial charge is 0.257 e. The van der Waals surface area contributed by atoms with E-state index in [2.05, 4.69) is 5.32 Å². The van der Waals surface area contributed by atoms with Crippen LogP contribution in [-0.2, 0) is 16.1 Å². The number of nitrogens with one attached hydrogen (secondary N) is 1. The number of carbonyl (C=O) groups excluding carboxylic acids is 2. The lowest BCUT2D eigenvalue weighted by Crippen LogP contribution is -2.30. The Balaban J connectivity index is 1.59. The van der Waals surface area contributed by atoms with E-state index >= 15 is 0 Å². The van der Waals surface area contributed by atoms with E-state index in [-0.39, 0.29) is 18.1 Å². The molecule has 0 aliphatic rings. The van der Waals surface area contributed by atoms with Gasteiger partial charge < -0.3 is 20.5 Å². The lowest BCUT2D eigenvalue weighted by Gasteiger charge is -2.10. The summed E-state index contributed by atoms with van der Waals surface area (Å²) < 4.78 is 10.9. The largest absolute Gasteiger partial charge is 0.483 e. The Labute approximate surface area is 146 Å². The van der Waals surface area contributed by atoms with Crippen LogP contribution in [0.1, 0.15) is 22.3 Å². The number of carbonyl (C=O) groups is 2. The van der Waals surface area contributed by atoms with Gasteiger partial charge in [-0.1, -0.05) is 42.5 Å². The van der Waals surface area contributed by atoms with Gasteiger partial charge in [-0.2, -0.15) is 0 Å². The highest BCUT2D eigenvalue weighted by Gasteiger charge is 2.09. The van der Waals surface area contributed by atoms with Gasteiger partial charge in [0.25, 0.3) is 11.8 Å². The summed E-state index contributed by atoms with van der Waals surface area (Å²) in [6.07, 6.45) is 0.705. The van der Waals surface area contributed by atoms with E-state index in [0.29, 0.717) is 31.9 Å². The van der Waals surface area contributed by atoms with Crippen molar-refractivity contribution in [3.8, 4) is 5.75 Å². The molecule has 0 fully saturated rings. The summed E-state index contributed by atoms with van der Waals surface area (Å²) in [5.74, 6) is -0.551. The summed E-state index contributed by atoms with van der Waals surface area (Å²) in [5, 5.41) is 2.74. The molecule has 0 bridgehead atoms. The lowest BCUT2D eigenvalue weighted by molar-refractivity contribution is -0.123. The topological polar surface area (TPSA) is 90.7 Å². The molecule has 6 heteroatoms. The number of para-hydroxylation sites is 1. The Hall–Kier alpha value is -2.86. The zero-order valence-corrected chi connectivity index (χ0v) is 13.9. The molecule has 0 atom stereocenters. The molecule has 3 N–H and O–H groups in total. The van der Waals surface area contributed by atoms with E-state index in [0.717, 1.165) is 5.56 Å². The van der Waals surface area contributed by atoms with Gasteiger partial charge in [-0.3, -0.25) is 9.59 Å². The minimum absolute atomic E-state index is 0.171. The molecule has 0 saturated carbocycles. The number of ether oxygens (including phenoxy) is 2. The van der Waals surface area contributed by atoms with Gasteiger partial charge in [0.1, 0.15) is 5.75 Å². The molecule has 0 aliphatic heterocycles. The van der Waals surface area contributed by atoms with Crippen molar-refractivity contribution >= 4 is 11.8 Å². The summed E-state index contributed by atoms with van der Waals surface area (Å²) in [7, 11) is 0. The predicted molar refractivity (Wildman–Crippen MR) is 94.2 cm³/mol. The number of rotatable bonds is 10. The number of hydrogen-bond donors (Lipinski definition) is 2. The quantitative estimate of drug-likeness (QED) is 0.645. The van der Waals surface area contributed by atoms with Gasteiger partial charge in [0.15, 0.2) is 6.61 Å². The summed E-state index contributed by atoms with van der Waals surface area (Å²) in [6, 6.07) is 16.5. The van der Waals surface area contributed by atoms with Crippen molar-refractivity contribution in [2.24, 2.45) is 5.73 Å². The number of benzene rings is 2. The highest BCUT2D eigenvalue weighted by molar-refractivity contribution is 5.95. The standard InChI is InChI=1S/C19H22N2O4/c20-19(23)16-9-4-5-10-17(16)25-14-18(22)21-11-6-12-24-13-15-7-2-1-3-8-15/h1-5,7-10H,6,11-14H2,(H2,20,23)(H,21,22). The Morgan fingerprint density at radius 2 is 1.72 bits per heavy atom. The van der Waals surface area contributed by atoms with E-state index in [9.17, 15) is 9.59 Å². The van der Waals surface area contributed by atoms with Crippen LogP contribution in [0.5, 0.6) is 5.75 Å². The Kier molecular flexibility index (Phi) is 7.46. The van der Waals surface area contributed by atoms with Crippen LogP contribution in [0, 0.1) is 0 Å². The second kappa shape index (κ2) is 10.1. The zero-order chi connectivity index (χ0) is 17.9. The number of nitrogens with two attached hydrogens (primary N) is 1. The maximum absolute atomic E-state index is 11.8. The van der Waals surface area contributed by atoms with E-state index in [1.165, 1.54) is 0 Å². The number of amides is 2. The fourth-order valence-electron chi connectivity index (χ4n) is 2.16. The van der Waals surface area contributed by atoms with Crippen molar-refractivity contribution < 1.29 is 19.1 Å². The Morgan fingerprint density at radius 1 is 1.00 bits per heavy atom. The van der Waals surface area contributed by atoms with Crippen molar-refractivity contribution in [2.45, 2.75) is 13.0 Å². The summed E-state index contributed by atoms with van der Waals surface area (Å²) in [6.45, 7) is 1.44. The molecule has 2 amide bonds. The van der Waals surface area contributed by atoms with Crippen LogP contribution in [0.4, 0.5) is 0 Å². The minimum atomic E-state index is -0.591.